The molecule has 4 unspecified atom stereocenters. The molecule has 4 heteroatoms. The van der Waals surface area contributed by atoms with E-state index in [1.54, 1.807) is 0 Å². The Morgan fingerprint density at radius 1 is 1.24 bits per heavy atom. The number of likely N-dealkylation sites (tertiary alicyclic amines) is 1. The van der Waals surface area contributed by atoms with Crippen LogP contribution in [0.1, 0.15) is 52.4 Å². The van der Waals surface area contributed by atoms with Crippen molar-refractivity contribution in [3.8, 4) is 0 Å². The number of hydrogen-bond donors (Lipinski definition) is 2. The lowest BCUT2D eigenvalue weighted by molar-refractivity contribution is -0.124. The molecule has 122 valence electrons. The Morgan fingerprint density at radius 2 is 2.05 bits per heavy atom. The molecule has 3 N–H and O–H groups in total. The molecule has 2 rings (SSSR count). The van der Waals surface area contributed by atoms with E-state index in [0.29, 0.717) is 24.4 Å². The first kappa shape index (κ1) is 16.8. The van der Waals surface area contributed by atoms with E-state index in [1.165, 1.54) is 25.7 Å². The minimum atomic E-state index is 0.217. The summed E-state index contributed by atoms with van der Waals surface area (Å²) in [7, 11) is 0. The molecule has 2 fully saturated rings. The third-order valence-corrected chi connectivity index (χ3v) is 5.60. The van der Waals surface area contributed by atoms with Crippen LogP contribution in [0.2, 0.25) is 0 Å². The number of amides is 1. The number of carbonyl (C=O) groups is 1. The Kier molecular flexibility index (Phi) is 6.49. The molecule has 0 bridgehead atoms. The van der Waals surface area contributed by atoms with Crippen molar-refractivity contribution >= 4 is 5.91 Å². The zero-order chi connectivity index (χ0) is 15.2. The first-order valence-corrected chi connectivity index (χ1v) is 8.82. The predicted molar refractivity (Wildman–Crippen MR) is 86.9 cm³/mol. The highest BCUT2D eigenvalue weighted by atomic mass is 16.2. The summed E-state index contributed by atoms with van der Waals surface area (Å²) >= 11 is 0. The standard InChI is InChI=1S/C17H33N3O/c1-13-5-3-7-16(14(13)2)19-17(21)12-20-10-4-6-15(11-20)8-9-18/h13-16H,3-12,18H2,1-2H3,(H,19,21). The SMILES string of the molecule is CC1CCCC(NC(=O)CN2CCCC(CCN)C2)C1C. The van der Waals surface area contributed by atoms with Crippen LogP contribution >= 0.6 is 0 Å². The van der Waals surface area contributed by atoms with E-state index in [-0.39, 0.29) is 5.91 Å². The summed E-state index contributed by atoms with van der Waals surface area (Å²) in [5.41, 5.74) is 5.66. The molecular weight excluding hydrogens is 262 g/mol. The molecule has 0 radical (unpaired) electrons. The van der Waals surface area contributed by atoms with Crippen molar-refractivity contribution in [2.45, 2.75) is 58.4 Å². The number of rotatable bonds is 5. The van der Waals surface area contributed by atoms with Crippen molar-refractivity contribution in [3.05, 3.63) is 0 Å². The summed E-state index contributed by atoms with van der Waals surface area (Å²) in [4.78, 5) is 14.6. The number of piperidine rings is 1. The van der Waals surface area contributed by atoms with Crippen LogP contribution < -0.4 is 11.1 Å². The lowest BCUT2D eigenvalue weighted by Gasteiger charge is -2.36. The van der Waals surface area contributed by atoms with Gasteiger partial charge in [0.25, 0.3) is 0 Å². The lowest BCUT2D eigenvalue weighted by atomic mass is 9.78. The number of hydrogen-bond acceptors (Lipinski definition) is 3. The van der Waals surface area contributed by atoms with E-state index in [2.05, 4.69) is 24.1 Å². The van der Waals surface area contributed by atoms with Gasteiger partial charge in [0.2, 0.25) is 5.91 Å². The molecule has 0 spiro atoms. The maximum absolute atomic E-state index is 12.3. The lowest BCUT2D eigenvalue weighted by Crippen LogP contribution is -2.49. The summed E-state index contributed by atoms with van der Waals surface area (Å²) in [5.74, 6) is 2.24. The fraction of sp³-hybridized carbons (Fsp3) is 0.941. The highest BCUT2D eigenvalue weighted by Crippen LogP contribution is 2.29. The largest absolute Gasteiger partial charge is 0.352 e. The molecule has 2 aliphatic rings. The van der Waals surface area contributed by atoms with Crippen LogP contribution in [-0.2, 0) is 4.79 Å². The quantitative estimate of drug-likeness (QED) is 0.815. The van der Waals surface area contributed by atoms with Gasteiger partial charge in [-0.1, -0.05) is 26.7 Å². The fourth-order valence-corrected chi connectivity index (χ4v) is 4.01. The molecule has 0 aromatic heterocycles. The Bertz CT molecular complexity index is 332. The minimum absolute atomic E-state index is 0.217. The molecule has 1 aliphatic carbocycles. The minimum Gasteiger partial charge on any atom is -0.352 e. The third kappa shape index (κ3) is 4.96. The molecule has 1 saturated carbocycles. The second-order valence-electron chi connectivity index (χ2n) is 7.26. The highest BCUT2D eigenvalue weighted by Gasteiger charge is 2.29. The van der Waals surface area contributed by atoms with E-state index in [1.807, 2.05) is 0 Å². The second kappa shape index (κ2) is 8.14. The molecule has 21 heavy (non-hydrogen) atoms. The van der Waals surface area contributed by atoms with Crippen LogP contribution in [0.15, 0.2) is 0 Å². The summed E-state index contributed by atoms with van der Waals surface area (Å²) in [6.45, 7) is 8.03. The summed E-state index contributed by atoms with van der Waals surface area (Å²) in [6, 6.07) is 0.380. The van der Waals surface area contributed by atoms with E-state index in [0.717, 1.165) is 38.4 Å². The van der Waals surface area contributed by atoms with Crippen LogP contribution in [0.3, 0.4) is 0 Å². The van der Waals surface area contributed by atoms with Gasteiger partial charge in [-0.05, 0) is 56.5 Å². The van der Waals surface area contributed by atoms with Gasteiger partial charge in [0.15, 0.2) is 0 Å². The molecule has 0 aromatic rings. The number of nitrogens with two attached hydrogens (primary N) is 1. The van der Waals surface area contributed by atoms with Crippen molar-refractivity contribution in [1.29, 1.82) is 0 Å². The van der Waals surface area contributed by atoms with E-state index in [9.17, 15) is 4.79 Å². The fourth-order valence-electron chi connectivity index (χ4n) is 4.01. The van der Waals surface area contributed by atoms with Gasteiger partial charge in [0, 0.05) is 12.6 Å². The Labute approximate surface area is 129 Å². The van der Waals surface area contributed by atoms with Crippen molar-refractivity contribution in [3.63, 3.8) is 0 Å². The van der Waals surface area contributed by atoms with Gasteiger partial charge >= 0.3 is 0 Å². The van der Waals surface area contributed by atoms with Crippen LogP contribution in [0.4, 0.5) is 0 Å². The molecule has 1 heterocycles. The maximum atomic E-state index is 12.3. The Hall–Kier alpha value is -0.610. The molecule has 0 aromatic carbocycles. The summed E-state index contributed by atoms with van der Waals surface area (Å²) in [6.07, 6.45) is 7.27. The Morgan fingerprint density at radius 3 is 2.81 bits per heavy atom. The van der Waals surface area contributed by atoms with Gasteiger partial charge in [-0.2, -0.15) is 0 Å². The number of carbonyl (C=O) groups excluding carboxylic acids is 1. The maximum Gasteiger partial charge on any atom is 0.234 e. The smallest absolute Gasteiger partial charge is 0.234 e. The summed E-state index contributed by atoms with van der Waals surface area (Å²) < 4.78 is 0. The first-order chi connectivity index (χ1) is 10.1. The Balaban J connectivity index is 1.76. The second-order valence-corrected chi connectivity index (χ2v) is 7.26. The topological polar surface area (TPSA) is 58.4 Å². The van der Waals surface area contributed by atoms with Crippen LogP contribution in [-0.4, -0.2) is 43.0 Å². The average molecular weight is 295 g/mol. The monoisotopic (exact) mass is 295 g/mol. The molecule has 1 saturated heterocycles. The van der Waals surface area contributed by atoms with Gasteiger partial charge in [0.05, 0.1) is 6.54 Å². The van der Waals surface area contributed by atoms with Crippen molar-refractivity contribution in [1.82, 2.24) is 10.2 Å². The van der Waals surface area contributed by atoms with Gasteiger partial charge in [0.1, 0.15) is 0 Å². The van der Waals surface area contributed by atoms with Crippen molar-refractivity contribution in [2.75, 3.05) is 26.2 Å². The van der Waals surface area contributed by atoms with E-state index >= 15 is 0 Å². The number of nitrogens with zero attached hydrogens (tertiary/aromatic N) is 1. The zero-order valence-electron chi connectivity index (χ0n) is 13.8. The average Bonchev–Trinajstić information content (AvgIpc) is 2.44. The van der Waals surface area contributed by atoms with Gasteiger partial charge in [-0.25, -0.2) is 0 Å². The molecule has 1 aliphatic heterocycles. The van der Waals surface area contributed by atoms with Gasteiger partial charge in [-0.15, -0.1) is 0 Å². The van der Waals surface area contributed by atoms with Crippen molar-refractivity contribution < 1.29 is 4.79 Å². The molecule has 4 atom stereocenters. The van der Waals surface area contributed by atoms with E-state index in [4.69, 9.17) is 5.73 Å². The van der Waals surface area contributed by atoms with Crippen LogP contribution in [0, 0.1) is 17.8 Å². The normalized spacial score (nSPS) is 34.6. The molecular formula is C17H33N3O. The third-order valence-electron chi connectivity index (χ3n) is 5.60. The predicted octanol–water partition coefficient (Wildman–Crippen LogP) is 1.99. The van der Waals surface area contributed by atoms with Gasteiger partial charge < -0.3 is 11.1 Å². The van der Waals surface area contributed by atoms with Crippen molar-refractivity contribution in [2.24, 2.45) is 23.5 Å². The van der Waals surface area contributed by atoms with Gasteiger partial charge in [-0.3, -0.25) is 9.69 Å². The van der Waals surface area contributed by atoms with E-state index < -0.39 is 0 Å². The first-order valence-electron chi connectivity index (χ1n) is 8.82. The van der Waals surface area contributed by atoms with Crippen LogP contribution in [0.25, 0.3) is 0 Å². The molecule has 4 nitrogen and oxygen atoms in total. The number of nitrogens with one attached hydrogen (secondary N) is 1. The molecule has 1 amide bonds. The zero-order valence-corrected chi connectivity index (χ0v) is 13.8. The summed E-state index contributed by atoms with van der Waals surface area (Å²) in [5, 5.41) is 3.29. The van der Waals surface area contributed by atoms with Crippen LogP contribution in [0.5, 0.6) is 0 Å². The highest BCUT2D eigenvalue weighted by molar-refractivity contribution is 5.78.